The molecule has 0 fully saturated rings. The lowest BCUT2D eigenvalue weighted by Gasteiger charge is -2.02. The molecule has 32 heavy (non-hydrogen) atoms. The Morgan fingerprint density at radius 3 is 1.81 bits per heavy atom. The van der Waals surface area contributed by atoms with Crippen LogP contribution in [0.3, 0.4) is 0 Å². The summed E-state index contributed by atoms with van der Waals surface area (Å²) in [6.45, 7) is 4.46. The first-order valence-electron chi connectivity index (χ1n) is 9.66. The predicted octanol–water partition coefficient (Wildman–Crippen LogP) is 8.20. The van der Waals surface area contributed by atoms with Gasteiger partial charge < -0.3 is 0 Å². The van der Waals surface area contributed by atoms with Crippen molar-refractivity contribution in [2.75, 3.05) is 11.5 Å². The number of benzene rings is 1. The minimum absolute atomic E-state index is 0.434. The maximum atomic E-state index is 9.33. The van der Waals surface area contributed by atoms with Crippen molar-refractivity contribution in [3.63, 3.8) is 0 Å². The van der Waals surface area contributed by atoms with Gasteiger partial charge >= 0.3 is 0 Å². The molecule has 0 unspecified atom stereocenters. The van der Waals surface area contributed by atoms with Crippen molar-refractivity contribution < 1.29 is 0 Å². The molecule has 0 saturated carbocycles. The van der Waals surface area contributed by atoms with Crippen molar-refractivity contribution >= 4 is 114 Å². The van der Waals surface area contributed by atoms with Crippen LogP contribution in [-0.4, -0.2) is 11.5 Å². The standard InChI is InChI=1S/C21H16N2S9/c1-3-5-25-18-19(26-6-4-2)32-21(31-18)20-29-15(16(24)30-20)17-27-13-7-11(9-22)12(10-23)8-14(13)28-17/h7-8H,3-6H2,1-2H3. The molecule has 2 aliphatic heterocycles. The molecule has 2 aromatic rings. The minimum Gasteiger partial charge on any atom is -0.192 e. The molecule has 0 N–H and O–H groups in total. The zero-order chi connectivity index (χ0) is 22.7. The monoisotopic (exact) mass is 584 g/mol. The van der Waals surface area contributed by atoms with E-state index in [2.05, 4.69) is 26.0 Å². The zero-order valence-electron chi connectivity index (χ0n) is 17.1. The third-order valence-electron chi connectivity index (χ3n) is 4.06. The van der Waals surface area contributed by atoms with Crippen molar-refractivity contribution in [3.05, 3.63) is 43.9 Å². The summed E-state index contributed by atoms with van der Waals surface area (Å²) < 4.78 is 8.71. The number of hydrogen-bond donors (Lipinski definition) is 0. The van der Waals surface area contributed by atoms with Gasteiger partial charge in [0.25, 0.3) is 0 Å². The maximum Gasteiger partial charge on any atom is 0.110 e. The van der Waals surface area contributed by atoms with Crippen molar-refractivity contribution in [2.24, 2.45) is 0 Å². The van der Waals surface area contributed by atoms with Crippen LogP contribution >= 0.6 is 105 Å². The number of nitriles is 2. The fourth-order valence-electron chi connectivity index (χ4n) is 2.63. The Labute approximate surface area is 226 Å². The number of fused-ring (bicyclic) bond motifs is 1. The lowest BCUT2D eigenvalue weighted by Crippen LogP contribution is -1.96. The molecule has 0 spiro atoms. The van der Waals surface area contributed by atoms with Crippen LogP contribution in [0.1, 0.15) is 37.8 Å². The van der Waals surface area contributed by atoms with E-state index in [0.717, 1.165) is 33.9 Å². The summed E-state index contributed by atoms with van der Waals surface area (Å²) in [6, 6.07) is 7.92. The average Bonchev–Trinajstić information content (AvgIpc) is 3.50. The molecule has 2 nitrogen and oxygen atoms in total. The Morgan fingerprint density at radius 1 is 0.812 bits per heavy atom. The van der Waals surface area contributed by atoms with E-state index in [1.807, 2.05) is 59.2 Å². The van der Waals surface area contributed by atoms with Gasteiger partial charge in [-0.1, -0.05) is 73.1 Å². The number of thioether (sulfide) groups is 6. The molecule has 1 aromatic carbocycles. The van der Waals surface area contributed by atoms with Gasteiger partial charge in [0, 0.05) is 9.79 Å². The smallest absolute Gasteiger partial charge is 0.110 e. The average molecular weight is 585 g/mol. The van der Waals surface area contributed by atoms with Crippen molar-refractivity contribution in [1.29, 1.82) is 10.5 Å². The highest BCUT2D eigenvalue weighted by Crippen LogP contribution is 2.58. The van der Waals surface area contributed by atoms with Gasteiger partial charge in [-0.3, -0.25) is 0 Å². The van der Waals surface area contributed by atoms with Crippen LogP contribution in [0.15, 0.2) is 30.4 Å². The topological polar surface area (TPSA) is 47.6 Å². The molecule has 4 rings (SSSR count). The summed E-state index contributed by atoms with van der Waals surface area (Å²) in [5, 5.41) is 18.7. The second-order valence-electron chi connectivity index (χ2n) is 6.43. The second kappa shape index (κ2) is 11.7. The number of rotatable bonds is 6. The summed E-state index contributed by atoms with van der Waals surface area (Å²) >= 11 is 20.3. The second-order valence-corrected chi connectivity index (χ2v) is 16.8. The van der Waals surface area contributed by atoms with Gasteiger partial charge in [0.15, 0.2) is 0 Å². The molecule has 0 saturated heterocycles. The first kappa shape index (κ1) is 25.2. The molecule has 1 aromatic heterocycles. The molecule has 0 bridgehead atoms. The zero-order valence-corrected chi connectivity index (χ0v) is 24.4. The Kier molecular flexibility index (Phi) is 9.16. The van der Waals surface area contributed by atoms with Crippen LogP contribution < -0.4 is 8.38 Å². The quantitative estimate of drug-likeness (QED) is 0.313. The number of nitrogens with zero attached hydrogens (tertiary/aromatic N) is 2. The molecule has 2 aliphatic rings. The van der Waals surface area contributed by atoms with E-state index in [9.17, 15) is 10.5 Å². The largest absolute Gasteiger partial charge is 0.192 e. The fraction of sp³-hybridized carbons (Fsp3) is 0.286. The van der Waals surface area contributed by atoms with Crippen LogP contribution in [0.5, 0.6) is 0 Å². The molecule has 0 amide bonds. The van der Waals surface area contributed by atoms with Gasteiger partial charge in [0.05, 0.1) is 32.6 Å². The van der Waals surface area contributed by atoms with Crippen molar-refractivity contribution in [3.8, 4) is 12.1 Å². The van der Waals surface area contributed by atoms with Gasteiger partial charge in [-0.2, -0.15) is 10.5 Å². The highest BCUT2D eigenvalue weighted by atomic mass is 32.3. The first-order valence-corrected chi connectivity index (χ1v) is 16.9. The van der Waals surface area contributed by atoms with E-state index in [1.165, 1.54) is 29.4 Å². The fourth-order valence-corrected chi connectivity index (χ4v) is 14.6. The SMILES string of the molecule is CCCSC1=C(SCCC)SC(=c2sc(=S)c(=C3Sc4cc(C#N)c(C#N)cc4S3)s2)S1. The summed E-state index contributed by atoms with van der Waals surface area (Å²) in [7, 11) is 0. The molecular weight excluding hydrogens is 569 g/mol. The van der Waals surface area contributed by atoms with Crippen LogP contribution in [0.2, 0.25) is 0 Å². The van der Waals surface area contributed by atoms with Crippen LogP contribution in [0.25, 0.3) is 8.47 Å². The Bertz CT molecular complexity index is 1280. The van der Waals surface area contributed by atoms with Crippen LogP contribution in [0.4, 0.5) is 0 Å². The maximum absolute atomic E-state index is 9.33. The minimum atomic E-state index is 0.434. The van der Waals surface area contributed by atoms with Crippen molar-refractivity contribution in [1.82, 2.24) is 0 Å². The Morgan fingerprint density at radius 2 is 1.34 bits per heavy atom. The van der Waals surface area contributed by atoms with E-state index in [4.69, 9.17) is 12.2 Å². The molecule has 11 heteroatoms. The molecule has 0 radical (unpaired) electrons. The highest BCUT2D eigenvalue weighted by molar-refractivity contribution is 8.45. The van der Waals surface area contributed by atoms with Crippen LogP contribution in [0, 0.1) is 26.5 Å². The van der Waals surface area contributed by atoms with E-state index in [0.29, 0.717) is 11.1 Å². The molecule has 0 aliphatic carbocycles. The van der Waals surface area contributed by atoms with E-state index in [-0.39, 0.29) is 0 Å². The van der Waals surface area contributed by atoms with Gasteiger partial charge in [0.2, 0.25) is 0 Å². The summed E-state index contributed by atoms with van der Waals surface area (Å²) in [6.07, 6.45) is 2.35. The summed E-state index contributed by atoms with van der Waals surface area (Å²) in [5.74, 6) is 2.30. The third-order valence-corrected chi connectivity index (χ3v) is 16.3. The van der Waals surface area contributed by atoms with Gasteiger partial charge in [-0.15, -0.1) is 46.2 Å². The summed E-state index contributed by atoms with van der Waals surface area (Å²) in [5.41, 5.74) is 0.868. The van der Waals surface area contributed by atoms with E-state index >= 15 is 0 Å². The van der Waals surface area contributed by atoms with E-state index < -0.39 is 0 Å². The highest BCUT2D eigenvalue weighted by Gasteiger charge is 2.25. The van der Waals surface area contributed by atoms with Gasteiger partial charge in [-0.25, -0.2) is 0 Å². The third kappa shape index (κ3) is 5.48. The Balaban J connectivity index is 1.69. The lowest BCUT2D eigenvalue weighted by molar-refractivity contribution is 1.11. The molecular formula is C21H16N2S9. The lowest BCUT2D eigenvalue weighted by atomic mass is 10.1. The van der Waals surface area contributed by atoms with E-state index in [1.54, 1.807) is 46.2 Å². The first-order chi connectivity index (χ1) is 15.6. The van der Waals surface area contributed by atoms with Gasteiger partial charge in [0.1, 0.15) is 19.8 Å². The summed E-state index contributed by atoms with van der Waals surface area (Å²) in [4.78, 5) is 2.07. The normalized spacial score (nSPS) is 15.2. The molecule has 164 valence electrons. The Hall–Kier alpha value is 0.0500. The number of hydrogen-bond acceptors (Lipinski definition) is 11. The molecule has 0 atom stereocenters. The molecule has 3 heterocycles. The van der Waals surface area contributed by atoms with Crippen LogP contribution in [-0.2, 0) is 0 Å². The van der Waals surface area contributed by atoms with Crippen molar-refractivity contribution in [2.45, 2.75) is 36.5 Å². The predicted molar refractivity (Wildman–Crippen MR) is 154 cm³/mol. The van der Waals surface area contributed by atoms with Gasteiger partial charge in [-0.05, 0) is 36.5 Å².